The maximum atomic E-state index is 10.8. The largest absolute Gasteiger partial charge is 0.490 e. The molecule has 0 radical (unpaired) electrons. The van der Waals surface area contributed by atoms with E-state index in [0.29, 0.717) is 16.5 Å². The first-order valence-corrected chi connectivity index (χ1v) is 4.41. The van der Waals surface area contributed by atoms with E-state index in [2.05, 4.69) is 4.98 Å². The van der Waals surface area contributed by atoms with Crippen LogP contribution in [0.3, 0.4) is 0 Å². The first kappa shape index (κ1) is 9.98. The molecule has 1 aromatic carbocycles. The van der Waals surface area contributed by atoms with Gasteiger partial charge in [0.25, 0.3) is 0 Å². The number of ether oxygens (including phenoxy) is 1. The smallest absolute Gasteiger partial charge is 0.311 e. The Morgan fingerprint density at radius 3 is 2.88 bits per heavy atom. The van der Waals surface area contributed by atoms with Gasteiger partial charge in [-0.3, -0.25) is 10.1 Å². The van der Waals surface area contributed by atoms with E-state index in [0.717, 1.165) is 0 Å². The second kappa shape index (κ2) is 3.55. The Kier molecular flexibility index (Phi) is 2.21. The molecule has 0 spiro atoms. The number of nitro benzene ring substituents is 1. The van der Waals surface area contributed by atoms with Crippen LogP contribution in [0.2, 0.25) is 0 Å². The number of hydrogen-bond acceptors (Lipinski definition) is 4. The minimum atomic E-state index is -0.535. The average Bonchev–Trinajstić information content (AvgIpc) is 2.68. The quantitative estimate of drug-likeness (QED) is 0.614. The third-order valence-electron chi connectivity index (χ3n) is 2.30. The van der Waals surface area contributed by atoms with Crippen LogP contribution in [0.1, 0.15) is 5.56 Å². The number of nitrogens with one attached hydrogen (secondary N) is 1. The maximum Gasteiger partial charge on any atom is 0.311 e. The number of aromatic amines is 1. The molecule has 0 saturated carbocycles. The number of methoxy groups -OCH3 is 1. The molecular formula is C10H7N3O3. The monoisotopic (exact) mass is 217 g/mol. The van der Waals surface area contributed by atoms with Gasteiger partial charge in [0, 0.05) is 23.7 Å². The number of hydrogen-bond donors (Lipinski definition) is 1. The van der Waals surface area contributed by atoms with Crippen LogP contribution in [0.15, 0.2) is 18.3 Å². The summed E-state index contributed by atoms with van der Waals surface area (Å²) < 4.78 is 4.91. The fraction of sp³-hybridized carbons (Fsp3) is 0.100. The fourth-order valence-corrected chi connectivity index (χ4v) is 1.54. The van der Waals surface area contributed by atoms with Crippen molar-refractivity contribution in [2.24, 2.45) is 0 Å². The van der Waals surface area contributed by atoms with Gasteiger partial charge in [0.1, 0.15) is 6.07 Å². The summed E-state index contributed by atoms with van der Waals surface area (Å²) >= 11 is 0. The first-order chi connectivity index (χ1) is 7.67. The minimum Gasteiger partial charge on any atom is -0.490 e. The molecule has 0 atom stereocenters. The molecule has 1 N–H and O–H groups in total. The zero-order chi connectivity index (χ0) is 11.7. The Bertz CT molecular complexity index is 610. The number of nitrogens with zero attached hydrogens (tertiary/aromatic N) is 2. The highest BCUT2D eigenvalue weighted by Gasteiger charge is 2.17. The van der Waals surface area contributed by atoms with Crippen LogP contribution in [0.25, 0.3) is 10.9 Å². The number of fused-ring (bicyclic) bond motifs is 1. The van der Waals surface area contributed by atoms with E-state index in [-0.39, 0.29) is 11.4 Å². The summed E-state index contributed by atoms with van der Waals surface area (Å²) in [5.41, 5.74) is 0.867. The number of nitro groups is 1. The lowest BCUT2D eigenvalue weighted by atomic mass is 10.1. The number of aromatic nitrogens is 1. The second-order valence-corrected chi connectivity index (χ2v) is 3.14. The Morgan fingerprint density at radius 2 is 2.31 bits per heavy atom. The molecule has 6 nitrogen and oxygen atoms in total. The standard InChI is InChI=1S/C10H7N3O3/c1-16-10-3-8-7(2-9(10)13(14)15)6(4-11)5-12-8/h2-3,5,12H,1H3. The summed E-state index contributed by atoms with van der Waals surface area (Å²) in [7, 11) is 1.36. The van der Waals surface area contributed by atoms with E-state index in [9.17, 15) is 10.1 Å². The minimum absolute atomic E-state index is 0.147. The second-order valence-electron chi connectivity index (χ2n) is 3.14. The van der Waals surface area contributed by atoms with Gasteiger partial charge >= 0.3 is 5.69 Å². The molecule has 0 bridgehead atoms. The van der Waals surface area contributed by atoms with Crippen LogP contribution in [0.4, 0.5) is 5.69 Å². The van der Waals surface area contributed by atoms with E-state index in [1.807, 2.05) is 6.07 Å². The summed E-state index contributed by atoms with van der Waals surface area (Å²) in [6.45, 7) is 0. The van der Waals surface area contributed by atoms with Gasteiger partial charge in [-0.05, 0) is 0 Å². The molecule has 2 aromatic rings. The van der Waals surface area contributed by atoms with Crippen LogP contribution < -0.4 is 4.74 Å². The molecule has 80 valence electrons. The highest BCUT2D eigenvalue weighted by molar-refractivity contribution is 5.89. The van der Waals surface area contributed by atoms with Gasteiger partial charge in [-0.2, -0.15) is 5.26 Å². The van der Waals surface area contributed by atoms with Gasteiger partial charge in [-0.25, -0.2) is 0 Å². The Labute approximate surface area is 90.2 Å². The molecule has 0 aliphatic heterocycles. The van der Waals surface area contributed by atoms with E-state index < -0.39 is 4.92 Å². The molecule has 16 heavy (non-hydrogen) atoms. The molecule has 1 aromatic heterocycles. The van der Waals surface area contributed by atoms with Crippen LogP contribution >= 0.6 is 0 Å². The van der Waals surface area contributed by atoms with Crippen molar-refractivity contribution in [1.82, 2.24) is 4.98 Å². The van der Waals surface area contributed by atoms with Crippen molar-refractivity contribution < 1.29 is 9.66 Å². The molecule has 0 amide bonds. The number of nitriles is 1. The third-order valence-corrected chi connectivity index (χ3v) is 2.30. The summed E-state index contributed by atoms with van der Waals surface area (Å²) in [6.07, 6.45) is 1.51. The molecule has 0 aliphatic carbocycles. The van der Waals surface area contributed by atoms with Crippen molar-refractivity contribution >= 4 is 16.6 Å². The average molecular weight is 217 g/mol. The van der Waals surface area contributed by atoms with Gasteiger partial charge in [-0.15, -0.1) is 0 Å². The van der Waals surface area contributed by atoms with Crippen molar-refractivity contribution in [3.05, 3.63) is 34.0 Å². The topological polar surface area (TPSA) is 92.0 Å². The molecule has 0 unspecified atom stereocenters. The lowest BCUT2D eigenvalue weighted by Gasteiger charge is -2.01. The molecule has 6 heteroatoms. The normalized spacial score (nSPS) is 10.0. The summed E-state index contributed by atoms with van der Waals surface area (Å²) in [5.74, 6) is 0.170. The highest BCUT2D eigenvalue weighted by Crippen LogP contribution is 2.32. The Morgan fingerprint density at radius 1 is 1.56 bits per heavy atom. The van der Waals surface area contributed by atoms with Crippen LogP contribution in [0, 0.1) is 21.4 Å². The van der Waals surface area contributed by atoms with Crippen LogP contribution in [0.5, 0.6) is 5.75 Å². The van der Waals surface area contributed by atoms with Crippen molar-refractivity contribution in [2.45, 2.75) is 0 Å². The highest BCUT2D eigenvalue weighted by atomic mass is 16.6. The number of H-pyrrole nitrogens is 1. The van der Waals surface area contributed by atoms with Gasteiger partial charge in [0.2, 0.25) is 0 Å². The zero-order valence-electron chi connectivity index (χ0n) is 8.35. The van der Waals surface area contributed by atoms with Gasteiger partial charge in [0.05, 0.1) is 23.1 Å². The van der Waals surface area contributed by atoms with Crippen LogP contribution in [-0.2, 0) is 0 Å². The predicted octanol–water partition coefficient (Wildman–Crippen LogP) is 1.96. The van der Waals surface area contributed by atoms with Gasteiger partial charge < -0.3 is 9.72 Å². The molecular weight excluding hydrogens is 210 g/mol. The van der Waals surface area contributed by atoms with Crippen molar-refractivity contribution in [2.75, 3.05) is 7.11 Å². The van der Waals surface area contributed by atoms with Gasteiger partial charge in [0.15, 0.2) is 5.75 Å². The van der Waals surface area contributed by atoms with Gasteiger partial charge in [-0.1, -0.05) is 0 Å². The van der Waals surface area contributed by atoms with E-state index >= 15 is 0 Å². The fourth-order valence-electron chi connectivity index (χ4n) is 1.54. The summed E-state index contributed by atoms with van der Waals surface area (Å²) in [6, 6.07) is 4.80. The van der Waals surface area contributed by atoms with Crippen LogP contribution in [-0.4, -0.2) is 17.0 Å². The first-order valence-electron chi connectivity index (χ1n) is 4.41. The Balaban J connectivity index is 2.79. The zero-order valence-corrected chi connectivity index (χ0v) is 8.35. The summed E-state index contributed by atoms with van der Waals surface area (Å²) in [5, 5.41) is 20.1. The number of benzene rings is 1. The van der Waals surface area contributed by atoms with Crippen molar-refractivity contribution in [3.63, 3.8) is 0 Å². The molecule has 1 heterocycles. The predicted molar refractivity (Wildman–Crippen MR) is 56.2 cm³/mol. The Hall–Kier alpha value is -2.55. The third kappa shape index (κ3) is 1.35. The SMILES string of the molecule is COc1cc2[nH]cc(C#N)c2cc1[N+](=O)[O-]. The summed E-state index contributed by atoms with van der Waals surface area (Å²) in [4.78, 5) is 13.1. The lowest BCUT2D eigenvalue weighted by molar-refractivity contribution is -0.385. The molecule has 0 aliphatic rings. The molecule has 2 rings (SSSR count). The number of rotatable bonds is 2. The van der Waals surface area contributed by atoms with E-state index in [1.54, 1.807) is 0 Å². The molecule has 0 fully saturated rings. The van der Waals surface area contributed by atoms with Crippen molar-refractivity contribution in [3.8, 4) is 11.8 Å². The van der Waals surface area contributed by atoms with E-state index in [4.69, 9.17) is 10.00 Å². The molecule has 0 saturated heterocycles. The maximum absolute atomic E-state index is 10.8. The van der Waals surface area contributed by atoms with Crippen molar-refractivity contribution in [1.29, 1.82) is 5.26 Å². The van der Waals surface area contributed by atoms with E-state index in [1.165, 1.54) is 25.4 Å². The lowest BCUT2D eigenvalue weighted by Crippen LogP contribution is -1.93.